The van der Waals surface area contributed by atoms with Crippen LogP contribution in [0.4, 0.5) is 0 Å². The Hall–Kier alpha value is -1.90. The molecule has 0 aliphatic rings. The van der Waals surface area contributed by atoms with Crippen LogP contribution in [0.5, 0.6) is 0 Å². The topological polar surface area (TPSA) is 45.8 Å². The predicted molar refractivity (Wildman–Crippen MR) is 63.5 cm³/mol. The van der Waals surface area contributed by atoms with E-state index >= 15 is 0 Å². The van der Waals surface area contributed by atoms with Gasteiger partial charge >= 0.3 is 0 Å². The van der Waals surface area contributed by atoms with E-state index in [1.165, 1.54) is 18.1 Å². The van der Waals surface area contributed by atoms with E-state index in [9.17, 15) is 4.79 Å². The molecule has 0 fully saturated rings. The van der Waals surface area contributed by atoms with Crippen LogP contribution < -0.4 is 0 Å². The summed E-state index contributed by atoms with van der Waals surface area (Å²) in [6.45, 7) is 5.65. The lowest BCUT2D eigenvalue weighted by molar-refractivity contribution is 0.100. The van der Waals surface area contributed by atoms with Gasteiger partial charge in [-0.05, 0) is 36.6 Å². The fraction of sp³-hybridized carbons (Fsp3) is 0.231. The molecular weight excluding hydrogens is 200 g/mol. The van der Waals surface area contributed by atoms with E-state index in [2.05, 4.69) is 35.9 Å². The summed E-state index contributed by atoms with van der Waals surface area (Å²) in [6.07, 6.45) is 1.70. The maximum absolute atomic E-state index is 11.1. The zero-order valence-electron chi connectivity index (χ0n) is 9.66. The third-order valence-corrected chi connectivity index (χ3v) is 2.73. The fourth-order valence-electron chi connectivity index (χ4n) is 1.56. The van der Waals surface area contributed by atoms with Crippen molar-refractivity contribution in [2.45, 2.75) is 20.8 Å². The normalized spacial score (nSPS) is 10.4. The van der Waals surface area contributed by atoms with Gasteiger partial charge in [-0.15, -0.1) is 0 Å². The number of H-pyrrole nitrogens is 1. The molecular formula is C13H14N2O. The van der Waals surface area contributed by atoms with Crippen LogP contribution in [0.3, 0.4) is 0 Å². The van der Waals surface area contributed by atoms with Gasteiger partial charge in [0.25, 0.3) is 0 Å². The summed E-state index contributed by atoms with van der Waals surface area (Å²) in [4.78, 5) is 18.2. The molecule has 1 heterocycles. The number of Topliss-reactive ketones (excluding diaryl/α,β-unsaturated/α-hetero) is 1. The summed E-state index contributed by atoms with van der Waals surface area (Å²) in [6, 6.07) is 6.19. The van der Waals surface area contributed by atoms with Gasteiger partial charge in [0.1, 0.15) is 0 Å². The van der Waals surface area contributed by atoms with Gasteiger partial charge in [-0.1, -0.05) is 12.1 Å². The Kier molecular flexibility index (Phi) is 2.60. The standard InChI is InChI=1S/C13H14N2O/c1-8-4-5-11(6-9(8)2)12-7-14-13(15-12)10(3)16/h4-7H,1-3H3,(H,14,15). The van der Waals surface area contributed by atoms with E-state index in [0.29, 0.717) is 5.82 Å². The highest BCUT2D eigenvalue weighted by atomic mass is 16.1. The third kappa shape index (κ3) is 1.89. The molecule has 0 bridgehead atoms. The highest BCUT2D eigenvalue weighted by molar-refractivity contribution is 5.91. The molecule has 0 saturated carbocycles. The second-order valence-electron chi connectivity index (χ2n) is 4.00. The van der Waals surface area contributed by atoms with Crippen LogP contribution >= 0.6 is 0 Å². The van der Waals surface area contributed by atoms with Gasteiger partial charge in [0.15, 0.2) is 11.6 Å². The second kappa shape index (κ2) is 3.93. The summed E-state index contributed by atoms with van der Waals surface area (Å²) in [5.74, 6) is 0.364. The molecule has 16 heavy (non-hydrogen) atoms. The summed E-state index contributed by atoms with van der Waals surface area (Å²) in [5.41, 5.74) is 4.43. The van der Waals surface area contributed by atoms with Gasteiger partial charge in [0, 0.05) is 6.92 Å². The van der Waals surface area contributed by atoms with Gasteiger partial charge in [-0.2, -0.15) is 0 Å². The number of imidazole rings is 1. The number of nitrogens with zero attached hydrogens (tertiary/aromatic N) is 1. The van der Waals surface area contributed by atoms with Crippen LogP contribution in [-0.2, 0) is 0 Å². The van der Waals surface area contributed by atoms with Crippen molar-refractivity contribution in [1.29, 1.82) is 0 Å². The number of carbonyl (C=O) groups excluding carboxylic acids is 1. The van der Waals surface area contributed by atoms with Gasteiger partial charge < -0.3 is 4.98 Å². The van der Waals surface area contributed by atoms with E-state index in [1.54, 1.807) is 6.20 Å². The maximum Gasteiger partial charge on any atom is 0.194 e. The van der Waals surface area contributed by atoms with E-state index in [-0.39, 0.29) is 5.78 Å². The molecule has 82 valence electrons. The minimum Gasteiger partial charge on any atom is -0.336 e. The number of aromatic amines is 1. The minimum atomic E-state index is -0.0462. The lowest BCUT2D eigenvalue weighted by Gasteiger charge is -2.02. The Labute approximate surface area is 94.5 Å². The third-order valence-electron chi connectivity index (χ3n) is 2.73. The molecule has 0 spiro atoms. The van der Waals surface area contributed by atoms with Crippen LogP contribution in [0.25, 0.3) is 11.3 Å². The Morgan fingerprint density at radius 1 is 1.25 bits per heavy atom. The van der Waals surface area contributed by atoms with E-state index in [1.807, 2.05) is 6.07 Å². The molecule has 0 unspecified atom stereocenters. The number of nitrogens with one attached hydrogen (secondary N) is 1. The highest BCUT2D eigenvalue weighted by Gasteiger charge is 2.06. The smallest absolute Gasteiger partial charge is 0.194 e. The molecule has 0 saturated heterocycles. The Bertz CT molecular complexity index is 541. The van der Waals surface area contributed by atoms with Crippen molar-refractivity contribution in [3.63, 3.8) is 0 Å². The molecule has 0 atom stereocenters. The minimum absolute atomic E-state index is 0.0462. The molecule has 3 nitrogen and oxygen atoms in total. The average Bonchev–Trinajstić information content (AvgIpc) is 2.71. The number of hydrogen-bond acceptors (Lipinski definition) is 2. The van der Waals surface area contributed by atoms with E-state index in [4.69, 9.17) is 0 Å². The molecule has 0 amide bonds. The first-order valence-electron chi connectivity index (χ1n) is 5.21. The van der Waals surface area contributed by atoms with Crippen LogP contribution in [0.15, 0.2) is 24.4 Å². The zero-order chi connectivity index (χ0) is 11.7. The molecule has 2 rings (SSSR count). The second-order valence-corrected chi connectivity index (χ2v) is 4.00. The van der Waals surface area contributed by atoms with Crippen molar-refractivity contribution in [3.8, 4) is 11.3 Å². The van der Waals surface area contributed by atoms with Crippen molar-refractivity contribution < 1.29 is 4.79 Å². The summed E-state index contributed by atoms with van der Waals surface area (Å²) in [5, 5.41) is 0. The molecule has 1 N–H and O–H groups in total. The number of carbonyl (C=O) groups is 1. The number of ketones is 1. The Morgan fingerprint density at radius 3 is 2.56 bits per heavy atom. The predicted octanol–water partition coefficient (Wildman–Crippen LogP) is 2.90. The van der Waals surface area contributed by atoms with Crippen molar-refractivity contribution in [1.82, 2.24) is 9.97 Å². The molecule has 1 aromatic carbocycles. The number of hydrogen-bond donors (Lipinski definition) is 1. The summed E-state index contributed by atoms with van der Waals surface area (Å²) >= 11 is 0. The van der Waals surface area contributed by atoms with Crippen LogP contribution in [0.2, 0.25) is 0 Å². The summed E-state index contributed by atoms with van der Waals surface area (Å²) < 4.78 is 0. The first-order valence-corrected chi connectivity index (χ1v) is 5.21. The van der Waals surface area contributed by atoms with Crippen molar-refractivity contribution in [2.75, 3.05) is 0 Å². The van der Waals surface area contributed by atoms with Crippen LogP contribution in [-0.4, -0.2) is 15.8 Å². The fourth-order valence-corrected chi connectivity index (χ4v) is 1.56. The zero-order valence-corrected chi connectivity index (χ0v) is 9.66. The lowest BCUT2D eigenvalue weighted by atomic mass is 10.1. The highest BCUT2D eigenvalue weighted by Crippen LogP contribution is 2.20. The molecule has 0 radical (unpaired) electrons. The van der Waals surface area contributed by atoms with Crippen molar-refractivity contribution >= 4 is 5.78 Å². The van der Waals surface area contributed by atoms with E-state index in [0.717, 1.165) is 11.3 Å². The first kappa shape index (κ1) is 10.6. The Balaban J connectivity index is 2.42. The Morgan fingerprint density at radius 2 is 2.00 bits per heavy atom. The molecule has 1 aromatic heterocycles. The largest absolute Gasteiger partial charge is 0.336 e. The SMILES string of the molecule is CC(=O)c1ncc(-c2ccc(C)c(C)c2)[nH]1. The van der Waals surface area contributed by atoms with Crippen molar-refractivity contribution in [3.05, 3.63) is 41.3 Å². The first-order chi connectivity index (χ1) is 7.58. The number of aromatic nitrogens is 2. The van der Waals surface area contributed by atoms with Crippen LogP contribution in [0.1, 0.15) is 28.7 Å². The van der Waals surface area contributed by atoms with Crippen molar-refractivity contribution in [2.24, 2.45) is 0 Å². The molecule has 2 aromatic rings. The monoisotopic (exact) mass is 214 g/mol. The quantitative estimate of drug-likeness (QED) is 0.781. The number of benzene rings is 1. The molecule has 0 aliphatic heterocycles. The van der Waals surface area contributed by atoms with Gasteiger partial charge in [0.05, 0.1) is 11.9 Å². The molecule has 0 aliphatic carbocycles. The maximum atomic E-state index is 11.1. The number of rotatable bonds is 2. The van der Waals surface area contributed by atoms with E-state index < -0.39 is 0 Å². The van der Waals surface area contributed by atoms with Gasteiger partial charge in [-0.25, -0.2) is 4.98 Å². The lowest BCUT2D eigenvalue weighted by Crippen LogP contribution is -1.94. The molecule has 3 heteroatoms. The average molecular weight is 214 g/mol. The summed E-state index contributed by atoms with van der Waals surface area (Å²) in [7, 11) is 0. The van der Waals surface area contributed by atoms with Gasteiger partial charge in [-0.3, -0.25) is 4.79 Å². The van der Waals surface area contributed by atoms with Crippen LogP contribution in [0, 0.1) is 13.8 Å². The number of aryl methyl sites for hydroxylation is 2. The van der Waals surface area contributed by atoms with Gasteiger partial charge in [0.2, 0.25) is 0 Å².